The van der Waals surface area contributed by atoms with Gasteiger partial charge in [0.2, 0.25) is 0 Å². The summed E-state index contributed by atoms with van der Waals surface area (Å²) in [5.74, 6) is -0.126. The Kier molecular flexibility index (Phi) is 6.97. The van der Waals surface area contributed by atoms with Gasteiger partial charge in [-0.25, -0.2) is 13.2 Å². The fourth-order valence-corrected chi connectivity index (χ4v) is 5.53. The predicted octanol–water partition coefficient (Wildman–Crippen LogP) is 3.54. The van der Waals surface area contributed by atoms with Gasteiger partial charge in [-0.1, -0.05) is 36.4 Å². The van der Waals surface area contributed by atoms with Gasteiger partial charge in [0.1, 0.15) is 0 Å². The van der Waals surface area contributed by atoms with Crippen LogP contribution in [0.1, 0.15) is 42.0 Å². The van der Waals surface area contributed by atoms with Crippen LogP contribution in [0.25, 0.3) is 0 Å². The third-order valence-corrected chi connectivity index (χ3v) is 7.67. The lowest BCUT2D eigenvalue weighted by Crippen LogP contribution is -2.37. The number of hydrogen-bond acceptors (Lipinski definition) is 5. The Morgan fingerprint density at radius 3 is 2.70 bits per heavy atom. The van der Waals surface area contributed by atoms with Gasteiger partial charge in [0.25, 0.3) is 0 Å². The molecule has 0 saturated heterocycles. The van der Waals surface area contributed by atoms with Crippen LogP contribution < -0.4 is 16.0 Å². The average Bonchev–Trinajstić information content (AvgIpc) is 3.27. The molecular formula is C25H29N3O4S. The van der Waals surface area contributed by atoms with Crippen LogP contribution in [0.4, 0.5) is 10.5 Å². The molecule has 0 aromatic heterocycles. The van der Waals surface area contributed by atoms with E-state index in [9.17, 15) is 18.3 Å². The van der Waals surface area contributed by atoms with E-state index in [1.165, 1.54) is 23.8 Å². The summed E-state index contributed by atoms with van der Waals surface area (Å²) in [5.41, 5.74) is 4.80. The molecule has 1 unspecified atom stereocenters. The van der Waals surface area contributed by atoms with Gasteiger partial charge in [0.15, 0.2) is 9.84 Å². The molecule has 4 N–H and O–H groups in total. The van der Waals surface area contributed by atoms with Crippen molar-refractivity contribution in [1.82, 2.24) is 10.6 Å². The Labute approximate surface area is 194 Å². The monoisotopic (exact) mass is 467 g/mol. The predicted molar refractivity (Wildman–Crippen MR) is 128 cm³/mol. The number of anilines is 1. The summed E-state index contributed by atoms with van der Waals surface area (Å²) in [4.78, 5) is 12.6. The molecule has 7 nitrogen and oxygen atoms in total. The number of nitrogens with one attached hydrogen (secondary N) is 3. The van der Waals surface area contributed by atoms with E-state index in [1.807, 2.05) is 31.2 Å². The van der Waals surface area contributed by atoms with Crippen molar-refractivity contribution in [3.8, 4) is 0 Å². The molecule has 0 spiro atoms. The molecule has 2 amide bonds. The van der Waals surface area contributed by atoms with Crippen molar-refractivity contribution in [3.05, 3.63) is 82.5 Å². The Bertz CT molecular complexity index is 1220. The smallest absolute Gasteiger partial charge is 0.319 e. The van der Waals surface area contributed by atoms with Gasteiger partial charge in [-0.3, -0.25) is 0 Å². The van der Waals surface area contributed by atoms with Crippen molar-refractivity contribution in [2.24, 2.45) is 0 Å². The lowest BCUT2D eigenvalue weighted by Gasteiger charge is -2.19. The quantitative estimate of drug-likeness (QED) is 0.498. The van der Waals surface area contributed by atoms with Crippen LogP contribution in [0.5, 0.6) is 0 Å². The van der Waals surface area contributed by atoms with E-state index in [0.29, 0.717) is 11.3 Å². The SMILES string of the molecule is CC(NC(=O)Nc1ccc(S(=O)(=O)Cc2ccc3c(c2)CNC3)cc1CO)C1=CCCC=C1. The number of hydrogen-bond donors (Lipinski definition) is 4. The van der Waals surface area contributed by atoms with Gasteiger partial charge in [-0.2, -0.15) is 0 Å². The summed E-state index contributed by atoms with van der Waals surface area (Å²) in [7, 11) is -3.62. The van der Waals surface area contributed by atoms with Gasteiger partial charge in [0, 0.05) is 24.3 Å². The topological polar surface area (TPSA) is 108 Å². The number of sulfone groups is 1. The summed E-state index contributed by atoms with van der Waals surface area (Å²) in [6.07, 6.45) is 8.13. The first-order valence-corrected chi connectivity index (χ1v) is 12.7. The number of urea groups is 1. The summed E-state index contributed by atoms with van der Waals surface area (Å²) < 4.78 is 26.0. The van der Waals surface area contributed by atoms with E-state index in [4.69, 9.17) is 0 Å². The second-order valence-electron chi connectivity index (χ2n) is 8.45. The van der Waals surface area contributed by atoms with Crippen molar-refractivity contribution in [3.63, 3.8) is 0 Å². The minimum atomic E-state index is -3.62. The molecule has 174 valence electrons. The number of rotatable bonds is 7. The highest BCUT2D eigenvalue weighted by atomic mass is 32.2. The second-order valence-corrected chi connectivity index (χ2v) is 10.4. The molecule has 33 heavy (non-hydrogen) atoms. The number of fused-ring (bicyclic) bond motifs is 1. The summed E-state index contributed by atoms with van der Waals surface area (Å²) in [6.45, 7) is 3.05. The molecule has 4 rings (SSSR count). The zero-order chi connectivity index (χ0) is 23.4. The standard InChI is InChI=1S/C25H29N3O4S/c1-17(19-5-3-2-4-6-19)27-25(30)28-24-10-9-23(12-22(24)15-29)33(31,32)16-18-7-8-20-13-26-14-21(20)11-18/h3,5-12,17,26,29H,2,4,13-16H2,1H3,(H2,27,28,30). The van der Waals surface area contributed by atoms with Crippen LogP contribution in [0.15, 0.2) is 65.1 Å². The van der Waals surface area contributed by atoms with E-state index in [-0.39, 0.29) is 16.7 Å². The molecule has 2 aromatic carbocycles. The number of amides is 2. The van der Waals surface area contributed by atoms with Crippen molar-refractivity contribution < 1.29 is 18.3 Å². The van der Waals surface area contributed by atoms with Gasteiger partial charge in [-0.05, 0) is 60.2 Å². The Morgan fingerprint density at radius 1 is 1.12 bits per heavy atom. The number of carbonyl (C=O) groups is 1. The highest BCUT2D eigenvalue weighted by Crippen LogP contribution is 2.25. The molecule has 2 aromatic rings. The molecule has 1 aliphatic heterocycles. The molecule has 0 fully saturated rings. The maximum Gasteiger partial charge on any atom is 0.319 e. The normalized spacial score (nSPS) is 16.1. The van der Waals surface area contributed by atoms with Crippen LogP contribution in [-0.4, -0.2) is 25.6 Å². The van der Waals surface area contributed by atoms with Crippen molar-refractivity contribution in [2.45, 2.75) is 56.2 Å². The van der Waals surface area contributed by atoms with E-state index in [2.05, 4.69) is 28.1 Å². The van der Waals surface area contributed by atoms with Crippen molar-refractivity contribution >= 4 is 21.6 Å². The lowest BCUT2D eigenvalue weighted by atomic mass is 10.0. The molecule has 2 aliphatic rings. The fourth-order valence-electron chi connectivity index (χ4n) is 4.15. The Hall–Kier alpha value is -2.94. The van der Waals surface area contributed by atoms with E-state index < -0.39 is 22.5 Å². The highest BCUT2D eigenvalue weighted by Gasteiger charge is 2.20. The number of allylic oxidation sites excluding steroid dienone is 2. The van der Waals surface area contributed by atoms with E-state index >= 15 is 0 Å². The van der Waals surface area contributed by atoms with Gasteiger partial charge in [0.05, 0.1) is 23.3 Å². The molecule has 0 bridgehead atoms. The van der Waals surface area contributed by atoms with Crippen LogP contribution in [0.2, 0.25) is 0 Å². The first-order chi connectivity index (χ1) is 15.9. The number of aliphatic hydroxyl groups is 1. The third-order valence-electron chi connectivity index (χ3n) is 5.98. The van der Waals surface area contributed by atoms with Crippen molar-refractivity contribution in [2.75, 3.05) is 5.32 Å². The van der Waals surface area contributed by atoms with Gasteiger partial charge < -0.3 is 21.1 Å². The zero-order valence-corrected chi connectivity index (χ0v) is 19.4. The van der Waals surface area contributed by atoms with E-state index in [1.54, 1.807) is 0 Å². The number of benzene rings is 2. The van der Waals surface area contributed by atoms with Crippen LogP contribution in [0, 0.1) is 0 Å². The molecular weight excluding hydrogens is 438 g/mol. The van der Waals surface area contributed by atoms with Crippen LogP contribution in [0.3, 0.4) is 0 Å². The molecule has 1 aliphatic carbocycles. The van der Waals surface area contributed by atoms with Crippen LogP contribution in [-0.2, 0) is 35.3 Å². The second kappa shape index (κ2) is 9.91. The fraction of sp³-hybridized carbons (Fsp3) is 0.320. The van der Waals surface area contributed by atoms with Crippen LogP contribution >= 0.6 is 0 Å². The largest absolute Gasteiger partial charge is 0.392 e. The lowest BCUT2D eigenvalue weighted by molar-refractivity contribution is 0.250. The first-order valence-electron chi connectivity index (χ1n) is 11.1. The molecule has 0 saturated carbocycles. The molecule has 1 atom stereocenters. The highest BCUT2D eigenvalue weighted by molar-refractivity contribution is 7.90. The van der Waals surface area contributed by atoms with Gasteiger partial charge in [-0.15, -0.1) is 0 Å². The van der Waals surface area contributed by atoms with E-state index in [0.717, 1.165) is 42.6 Å². The van der Waals surface area contributed by atoms with Crippen molar-refractivity contribution in [1.29, 1.82) is 0 Å². The minimum Gasteiger partial charge on any atom is -0.392 e. The first kappa shape index (κ1) is 23.2. The Morgan fingerprint density at radius 2 is 1.94 bits per heavy atom. The maximum absolute atomic E-state index is 13.0. The number of aliphatic hydroxyl groups excluding tert-OH is 1. The summed E-state index contributed by atoms with van der Waals surface area (Å²) in [5, 5.41) is 18.7. The Balaban J connectivity index is 1.46. The molecule has 8 heteroatoms. The summed E-state index contributed by atoms with van der Waals surface area (Å²) >= 11 is 0. The zero-order valence-electron chi connectivity index (χ0n) is 18.6. The maximum atomic E-state index is 13.0. The minimum absolute atomic E-state index is 0.113. The third kappa shape index (κ3) is 5.52. The van der Waals surface area contributed by atoms with Gasteiger partial charge >= 0.3 is 6.03 Å². The molecule has 1 heterocycles. The summed E-state index contributed by atoms with van der Waals surface area (Å²) in [6, 6.07) is 9.57. The average molecular weight is 468 g/mol. The molecule has 0 radical (unpaired) electrons. The number of carbonyl (C=O) groups excluding carboxylic acids is 1.